The molecular formula is C12H11N5O3. The van der Waals surface area contributed by atoms with E-state index in [-0.39, 0.29) is 5.56 Å². The Labute approximate surface area is 113 Å². The van der Waals surface area contributed by atoms with Crippen LogP contribution in [0.1, 0.15) is 22.1 Å². The third-order valence-corrected chi connectivity index (χ3v) is 2.87. The summed E-state index contributed by atoms with van der Waals surface area (Å²) in [5.74, 6) is 0.144. The summed E-state index contributed by atoms with van der Waals surface area (Å²) in [5.41, 5.74) is 1.51. The van der Waals surface area contributed by atoms with E-state index in [9.17, 15) is 4.79 Å². The fourth-order valence-electron chi connectivity index (χ4n) is 1.91. The van der Waals surface area contributed by atoms with Crippen molar-refractivity contribution in [1.29, 1.82) is 0 Å². The zero-order chi connectivity index (χ0) is 14.1. The Kier molecular flexibility index (Phi) is 2.90. The number of aryl methyl sites for hydroxylation is 3. The van der Waals surface area contributed by atoms with Crippen LogP contribution >= 0.6 is 0 Å². The first-order chi connectivity index (χ1) is 9.63. The minimum absolute atomic E-state index is 0.192. The number of hydrogen-bond acceptors (Lipinski definition) is 6. The molecule has 0 bridgehead atoms. The molecule has 0 unspecified atom stereocenters. The first-order valence-electron chi connectivity index (χ1n) is 5.99. The number of benzene rings is 1. The highest BCUT2D eigenvalue weighted by Gasteiger charge is 2.10. The van der Waals surface area contributed by atoms with E-state index in [2.05, 4.69) is 20.5 Å². The fraction of sp³-hybridized carbons (Fsp3) is 0.250. The second-order valence-corrected chi connectivity index (χ2v) is 4.31. The number of carboxylic acids is 1. The molecule has 0 amide bonds. The number of rotatable bonds is 4. The molecule has 0 aliphatic rings. The lowest BCUT2D eigenvalue weighted by Crippen LogP contribution is -2.04. The number of nitrogens with zero attached hydrogens (tertiary/aromatic N) is 5. The van der Waals surface area contributed by atoms with E-state index in [4.69, 9.17) is 9.63 Å². The maximum absolute atomic E-state index is 10.9. The minimum Gasteiger partial charge on any atom is -0.478 e. The van der Waals surface area contributed by atoms with E-state index in [1.807, 2.05) is 0 Å². The zero-order valence-corrected chi connectivity index (χ0v) is 10.6. The summed E-state index contributed by atoms with van der Waals surface area (Å²) in [6.07, 6.45) is 0.542. The lowest BCUT2D eigenvalue weighted by Gasteiger charge is -1.99. The van der Waals surface area contributed by atoms with Gasteiger partial charge >= 0.3 is 5.97 Å². The van der Waals surface area contributed by atoms with Crippen molar-refractivity contribution < 1.29 is 14.4 Å². The molecule has 20 heavy (non-hydrogen) atoms. The van der Waals surface area contributed by atoms with Gasteiger partial charge in [0, 0.05) is 6.42 Å². The lowest BCUT2D eigenvalue weighted by atomic mass is 10.2. The van der Waals surface area contributed by atoms with Crippen molar-refractivity contribution in [2.24, 2.45) is 0 Å². The smallest absolute Gasteiger partial charge is 0.335 e. The van der Waals surface area contributed by atoms with Crippen LogP contribution in [0.5, 0.6) is 0 Å². The summed E-state index contributed by atoms with van der Waals surface area (Å²) in [7, 11) is 0. The summed E-state index contributed by atoms with van der Waals surface area (Å²) in [4.78, 5) is 15.0. The molecule has 3 aromatic rings. The average Bonchev–Trinajstić information content (AvgIpc) is 3.02. The molecule has 0 saturated carbocycles. The maximum Gasteiger partial charge on any atom is 0.335 e. The molecule has 1 N–H and O–H groups in total. The van der Waals surface area contributed by atoms with E-state index in [1.54, 1.807) is 17.7 Å². The Hall–Kier alpha value is -2.77. The van der Waals surface area contributed by atoms with Crippen molar-refractivity contribution in [3.63, 3.8) is 0 Å². The highest BCUT2D eigenvalue weighted by atomic mass is 16.5. The van der Waals surface area contributed by atoms with Gasteiger partial charge in [0.2, 0.25) is 5.89 Å². The molecule has 0 spiro atoms. The molecule has 8 heteroatoms. The first kappa shape index (κ1) is 12.3. The molecule has 102 valence electrons. The van der Waals surface area contributed by atoms with Crippen LogP contribution in [-0.4, -0.2) is 36.2 Å². The Balaban J connectivity index is 1.83. The number of hydrogen-bond donors (Lipinski definition) is 1. The van der Waals surface area contributed by atoms with Gasteiger partial charge < -0.3 is 9.63 Å². The molecule has 0 atom stereocenters. The zero-order valence-electron chi connectivity index (χ0n) is 10.6. The van der Waals surface area contributed by atoms with Crippen LogP contribution in [0.2, 0.25) is 0 Å². The lowest BCUT2D eigenvalue weighted by molar-refractivity contribution is 0.0697. The molecule has 0 aliphatic heterocycles. The van der Waals surface area contributed by atoms with Gasteiger partial charge in [-0.3, -0.25) is 0 Å². The van der Waals surface area contributed by atoms with Gasteiger partial charge in [0.15, 0.2) is 5.82 Å². The Morgan fingerprint density at radius 2 is 2.30 bits per heavy atom. The molecule has 3 rings (SSSR count). The van der Waals surface area contributed by atoms with Crippen molar-refractivity contribution >= 4 is 17.0 Å². The topological polar surface area (TPSA) is 107 Å². The molecule has 0 radical (unpaired) electrons. The van der Waals surface area contributed by atoms with Crippen LogP contribution in [0.15, 0.2) is 22.7 Å². The molecule has 0 aliphatic carbocycles. The Morgan fingerprint density at radius 3 is 3.00 bits per heavy atom. The number of aromatic nitrogens is 5. The fourth-order valence-corrected chi connectivity index (χ4v) is 1.91. The van der Waals surface area contributed by atoms with Crippen molar-refractivity contribution in [2.45, 2.75) is 19.9 Å². The molecule has 2 aromatic heterocycles. The largest absolute Gasteiger partial charge is 0.478 e. The summed E-state index contributed by atoms with van der Waals surface area (Å²) in [6, 6.07) is 4.72. The van der Waals surface area contributed by atoms with Crippen LogP contribution in [0.25, 0.3) is 11.0 Å². The van der Waals surface area contributed by atoms with Crippen LogP contribution in [0, 0.1) is 6.92 Å². The molecule has 0 fully saturated rings. The van der Waals surface area contributed by atoms with E-state index >= 15 is 0 Å². The van der Waals surface area contributed by atoms with E-state index < -0.39 is 5.97 Å². The van der Waals surface area contributed by atoms with Gasteiger partial charge in [-0.25, -0.2) is 9.48 Å². The van der Waals surface area contributed by atoms with Crippen LogP contribution in [-0.2, 0) is 13.0 Å². The monoisotopic (exact) mass is 273 g/mol. The summed E-state index contributed by atoms with van der Waals surface area (Å²) < 4.78 is 6.71. The van der Waals surface area contributed by atoms with E-state index in [1.165, 1.54) is 12.1 Å². The average molecular weight is 273 g/mol. The first-order valence-corrected chi connectivity index (χ1v) is 5.99. The highest BCUT2D eigenvalue weighted by Crippen LogP contribution is 2.14. The van der Waals surface area contributed by atoms with Gasteiger partial charge in [-0.1, -0.05) is 10.4 Å². The van der Waals surface area contributed by atoms with Crippen LogP contribution in [0.4, 0.5) is 0 Å². The van der Waals surface area contributed by atoms with Gasteiger partial charge in [0.05, 0.1) is 17.6 Å². The van der Waals surface area contributed by atoms with Crippen molar-refractivity contribution in [3.8, 4) is 0 Å². The summed E-state index contributed by atoms with van der Waals surface area (Å²) in [5, 5.41) is 20.6. The summed E-state index contributed by atoms with van der Waals surface area (Å²) in [6.45, 7) is 2.29. The number of fused-ring (bicyclic) bond motifs is 1. The van der Waals surface area contributed by atoms with Gasteiger partial charge in [0.1, 0.15) is 5.52 Å². The molecule has 1 aromatic carbocycles. The molecule has 2 heterocycles. The third-order valence-electron chi connectivity index (χ3n) is 2.87. The van der Waals surface area contributed by atoms with Gasteiger partial charge in [-0.2, -0.15) is 4.98 Å². The molecule has 0 saturated heterocycles. The Bertz CT molecular complexity index is 776. The normalized spacial score (nSPS) is 11.1. The van der Waals surface area contributed by atoms with Crippen molar-refractivity contribution in [3.05, 3.63) is 35.5 Å². The third kappa shape index (κ3) is 2.22. The second kappa shape index (κ2) is 4.72. The minimum atomic E-state index is -0.984. The van der Waals surface area contributed by atoms with E-state index in [0.717, 1.165) is 5.52 Å². The summed E-state index contributed by atoms with van der Waals surface area (Å²) >= 11 is 0. The predicted molar refractivity (Wildman–Crippen MR) is 67.2 cm³/mol. The standard InChI is InChI=1S/C12H11N5O3/c1-7-13-11(20-15-7)4-5-17-10-3-2-8(12(18)19)6-9(10)14-16-17/h2-3,6H,4-5H2,1H3,(H,18,19). The van der Waals surface area contributed by atoms with Crippen molar-refractivity contribution in [2.75, 3.05) is 0 Å². The van der Waals surface area contributed by atoms with Crippen LogP contribution < -0.4 is 0 Å². The maximum atomic E-state index is 10.9. The molecular weight excluding hydrogens is 262 g/mol. The van der Waals surface area contributed by atoms with Crippen molar-refractivity contribution in [1.82, 2.24) is 25.1 Å². The van der Waals surface area contributed by atoms with Gasteiger partial charge in [-0.15, -0.1) is 5.10 Å². The van der Waals surface area contributed by atoms with Gasteiger partial charge in [-0.05, 0) is 25.1 Å². The molecule has 8 nitrogen and oxygen atoms in total. The number of carboxylic acid groups (broad SMARTS) is 1. The number of aromatic carboxylic acids is 1. The Morgan fingerprint density at radius 1 is 1.45 bits per heavy atom. The highest BCUT2D eigenvalue weighted by molar-refractivity contribution is 5.92. The number of carbonyl (C=O) groups is 1. The quantitative estimate of drug-likeness (QED) is 0.757. The SMILES string of the molecule is Cc1noc(CCn2nnc3cc(C(=O)O)ccc32)n1. The second-order valence-electron chi connectivity index (χ2n) is 4.31. The van der Waals surface area contributed by atoms with E-state index in [0.29, 0.717) is 30.2 Å². The predicted octanol–water partition coefficient (Wildman–Crippen LogP) is 1.06. The van der Waals surface area contributed by atoms with Crippen LogP contribution in [0.3, 0.4) is 0 Å². The van der Waals surface area contributed by atoms with Gasteiger partial charge in [0.25, 0.3) is 0 Å².